The van der Waals surface area contributed by atoms with Crippen molar-refractivity contribution in [2.45, 2.75) is 31.9 Å². The van der Waals surface area contributed by atoms with Gasteiger partial charge in [0.2, 0.25) is 0 Å². The van der Waals surface area contributed by atoms with Crippen LogP contribution in [0.1, 0.15) is 48.0 Å². The summed E-state index contributed by atoms with van der Waals surface area (Å²) in [4.78, 5) is 17.8. The van der Waals surface area contributed by atoms with Crippen LogP contribution in [0, 0.1) is 0 Å². The number of aromatic amines is 1. The first-order chi connectivity index (χ1) is 12.1. The molecule has 25 heavy (non-hydrogen) atoms. The van der Waals surface area contributed by atoms with E-state index in [9.17, 15) is 9.90 Å². The van der Waals surface area contributed by atoms with Gasteiger partial charge >= 0.3 is 0 Å². The van der Waals surface area contributed by atoms with Crippen molar-refractivity contribution in [2.24, 2.45) is 0 Å². The summed E-state index contributed by atoms with van der Waals surface area (Å²) in [5.74, 6) is 0.0678. The lowest BCUT2D eigenvalue weighted by molar-refractivity contribution is 0.0689. The molecular weight excluding hydrogens is 318 g/mol. The van der Waals surface area contributed by atoms with Crippen LogP contribution in [0.3, 0.4) is 0 Å². The maximum absolute atomic E-state index is 12.7. The minimum absolute atomic E-state index is 0.0678. The molecule has 0 bridgehead atoms. The highest BCUT2D eigenvalue weighted by Crippen LogP contribution is 2.24. The van der Waals surface area contributed by atoms with Crippen LogP contribution in [0.25, 0.3) is 10.9 Å². The summed E-state index contributed by atoms with van der Waals surface area (Å²) in [6, 6.07) is 7.98. The Kier molecular flexibility index (Phi) is 4.01. The smallest absolute Gasteiger partial charge is 0.253 e. The minimum Gasteiger partial charge on any atom is -0.387 e. The Labute approximate surface area is 145 Å². The molecule has 1 fully saturated rings. The van der Waals surface area contributed by atoms with Crippen LogP contribution in [0.4, 0.5) is 0 Å². The Bertz CT molecular complexity index is 890. The lowest BCUT2D eigenvalue weighted by Crippen LogP contribution is -2.39. The van der Waals surface area contributed by atoms with Crippen molar-refractivity contribution >= 4 is 16.8 Å². The van der Waals surface area contributed by atoms with Gasteiger partial charge in [0.1, 0.15) is 5.69 Å². The molecule has 3 aromatic rings. The van der Waals surface area contributed by atoms with E-state index in [4.69, 9.17) is 0 Å². The first-order valence-corrected chi connectivity index (χ1v) is 8.58. The maximum Gasteiger partial charge on any atom is 0.253 e. The maximum atomic E-state index is 12.7. The fourth-order valence-electron chi connectivity index (χ4n) is 3.36. The third kappa shape index (κ3) is 3.02. The Balaban J connectivity index is 1.42. The second kappa shape index (κ2) is 6.33. The number of aliphatic hydroxyl groups excluding tert-OH is 1. The number of hydrogen-bond donors (Lipinski definition) is 2. The third-order valence-corrected chi connectivity index (χ3v) is 4.88. The molecule has 0 unspecified atom stereocenters. The Morgan fingerprint density at radius 1 is 1.32 bits per heavy atom. The van der Waals surface area contributed by atoms with E-state index in [2.05, 4.69) is 15.3 Å². The van der Waals surface area contributed by atoms with Gasteiger partial charge in [0.05, 0.1) is 18.3 Å². The van der Waals surface area contributed by atoms with Crippen molar-refractivity contribution in [3.8, 4) is 0 Å². The van der Waals surface area contributed by atoms with Gasteiger partial charge in [-0.2, -0.15) is 0 Å². The molecule has 0 radical (unpaired) electrons. The summed E-state index contributed by atoms with van der Waals surface area (Å²) in [5, 5.41) is 18.8. The zero-order valence-electron chi connectivity index (χ0n) is 14.1. The number of carbonyl (C=O) groups excluding carboxylic acids is 1. The van der Waals surface area contributed by atoms with E-state index in [0.29, 0.717) is 24.3 Å². The monoisotopic (exact) mass is 339 g/mol. The molecule has 3 heterocycles. The lowest BCUT2D eigenvalue weighted by atomic mass is 10.0. The first kappa shape index (κ1) is 15.8. The number of amides is 1. The van der Waals surface area contributed by atoms with E-state index in [0.717, 1.165) is 23.7 Å². The average molecular weight is 339 g/mol. The topological polar surface area (TPSA) is 87.0 Å². The fraction of sp³-hybridized carbons (Fsp3) is 0.389. The van der Waals surface area contributed by atoms with Crippen LogP contribution in [0.5, 0.6) is 0 Å². The van der Waals surface area contributed by atoms with E-state index in [1.165, 1.54) is 0 Å². The number of piperidine rings is 1. The summed E-state index contributed by atoms with van der Waals surface area (Å²) >= 11 is 0. The van der Waals surface area contributed by atoms with E-state index in [1.807, 2.05) is 40.0 Å². The molecule has 130 valence electrons. The number of rotatable bonds is 3. The molecule has 4 rings (SSSR count). The number of aliphatic hydroxyl groups is 1. The Morgan fingerprint density at radius 2 is 2.12 bits per heavy atom. The van der Waals surface area contributed by atoms with Crippen molar-refractivity contribution in [1.82, 2.24) is 24.9 Å². The Morgan fingerprint density at radius 3 is 2.84 bits per heavy atom. The number of nitrogens with zero attached hydrogens (tertiary/aromatic N) is 4. The lowest BCUT2D eigenvalue weighted by Gasteiger charge is -2.32. The number of aromatic nitrogens is 4. The molecular formula is C18H21N5O2. The van der Waals surface area contributed by atoms with Gasteiger partial charge in [-0.25, -0.2) is 4.68 Å². The zero-order chi connectivity index (χ0) is 17.4. The number of likely N-dealkylation sites (tertiary alicyclic amines) is 1. The van der Waals surface area contributed by atoms with Crippen LogP contribution >= 0.6 is 0 Å². The van der Waals surface area contributed by atoms with E-state index >= 15 is 0 Å². The van der Waals surface area contributed by atoms with Crippen molar-refractivity contribution in [3.05, 3.63) is 47.9 Å². The van der Waals surface area contributed by atoms with Gasteiger partial charge in [0.15, 0.2) is 0 Å². The molecule has 1 aliphatic rings. The summed E-state index contributed by atoms with van der Waals surface area (Å²) < 4.78 is 1.81. The molecule has 1 saturated heterocycles. The van der Waals surface area contributed by atoms with Crippen molar-refractivity contribution in [1.29, 1.82) is 0 Å². The summed E-state index contributed by atoms with van der Waals surface area (Å²) in [6.07, 6.45) is 4.73. The number of nitrogens with one attached hydrogen (secondary N) is 1. The predicted octanol–water partition coefficient (Wildman–Crippen LogP) is 2.29. The van der Waals surface area contributed by atoms with E-state index < -0.39 is 6.10 Å². The SMILES string of the molecule is C[C@@H](O)c1cn(C2CCN(C(=O)c3ccc4cc[nH]c4c3)CC2)nn1. The van der Waals surface area contributed by atoms with Crippen LogP contribution < -0.4 is 0 Å². The summed E-state index contributed by atoms with van der Waals surface area (Å²) in [5.41, 5.74) is 2.28. The molecule has 2 N–H and O–H groups in total. The van der Waals surface area contributed by atoms with Crippen molar-refractivity contribution in [3.63, 3.8) is 0 Å². The second-order valence-electron chi connectivity index (χ2n) is 6.60. The zero-order valence-corrected chi connectivity index (χ0v) is 14.1. The molecule has 7 heteroatoms. The molecule has 1 aromatic carbocycles. The number of fused-ring (bicyclic) bond motifs is 1. The number of hydrogen-bond acceptors (Lipinski definition) is 4. The van der Waals surface area contributed by atoms with Gasteiger partial charge < -0.3 is 15.0 Å². The van der Waals surface area contributed by atoms with Crippen LogP contribution in [-0.2, 0) is 0 Å². The predicted molar refractivity (Wildman–Crippen MR) is 93.1 cm³/mol. The highest BCUT2D eigenvalue weighted by atomic mass is 16.3. The largest absolute Gasteiger partial charge is 0.387 e. The van der Waals surface area contributed by atoms with Crippen LogP contribution in [-0.4, -0.2) is 49.0 Å². The second-order valence-corrected chi connectivity index (χ2v) is 6.60. The quantitative estimate of drug-likeness (QED) is 0.766. The molecule has 1 aliphatic heterocycles. The van der Waals surface area contributed by atoms with Crippen LogP contribution in [0.2, 0.25) is 0 Å². The fourth-order valence-corrected chi connectivity index (χ4v) is 3.36. The molecule has 7 nitrogen and oxygen atoms in total. The van der Waals surface area contributed by atoms with Gasteiger partial charge in [-0.3, -0.25) is 4.79 Å². The standard InChI is InChI=1S/C18H21N5O2/c1-12(24)17-11-23(21-20-17)15-5-8-22(9-6-15)18(25)14-3-2-13-4-7-19-16(13)10-14/h2-4,7,10-12,15,19,24H,5-6,8-9H2,1H3/t12-/m1/s1. The Hall–Kier alpha value is -2.67. The third-order valence-electron chi connectivity index (χ3n) is 4.88. The molecule has 1 atom stereocenters. The summed E-state index contributed by atoms with van der Waals surface area (Å²) in [7, 11) is 0. The highest BCUT2D eigenvalue weighted by Gasteiger charge is 2.25. The van der Waals surface area contributed by atoms with Crippen LogP contribution in [0.15, 0.2) is 36.7 Å². The molecule has 1 amide bonds. The van der Waals surface area contributed by atoms with Gasteiger partial charge in [0, 0.05) is 30.4 Å². The van der Waals surface area contributed by atoms with Gasteiger partial charge in [-0.15, -0.1) is 5.10 Å². The summed E-state index contributed by atoms with van der Waals surface area (Å²) in [6.45, 7) is 3.06. The average Bonchev–Trinajstić information content (AvgIpc) is 3.30. The van der Waals surface area contributed by atoms with E-state index in [-0.39, 0.29) is 11.9 Å². The van der Waals surface area contributed by atoms with E-state index in [1.54, 1.807) is 13.1 Å². The number of benzene rings is 1. The van der Waals surface area contributed by atoms with Gasteiger partial charge in [-0.1, -0.05) is 11.3 Å². The first-order valence-electron chi connectivity index (χ1n) is 8.58. The van der Waals surface area contributed by atoms with Gasteiger partial charge in [-0.05, 0) is 43.4 Å². The number of carbonyl (C=O) groups is 1. The highest BCUT2D eigenvalue weighted by molar-refractivity contribution is 5.98. The molecule has 0 aliphatic carbocycles. The molecule has 2 aromatic heterocycles. The number of H-pyrrole nitrogens is 1. The normalized spacial score (nSPS) is 17.1. The van der Waals surface area contributed by atoms with Gasteiger partial charge in [0.25, 0.3) is 5.91 Å². The molecule has 0 spiro atoms. The minimum atomic E-state index is -0.613. The van der Waals surface area contributed by atoms with Crippen molar-refractivity contribution < 1.29 is 9.90 Å². The van der Waals surface area contributed by atoms with Crippen molar-refractivity contribution in [2.75, 3.05) is 13.1 Å². The molecule has 0 saturated carbocycles.